The highest BCUT2D eigenvalue weighted by atomic mass is 32.2. The number of hydrogen-bond acceptors (Lipinski definition) is 4. The van der Waals surface area contributed by atoms with Gasteiger partial charge in [-0.15, -0.1) is 10.2 Å². The highest BCUT2D eigenvalue weighted by Crippen LogP contribution is 2.23. The lowest BCUT2D eigenvalue weighted by Crippen LogP contribution is -1.88. The smallest absolute Gasteiger partial charge is 0.195 e. The van der Waals surface area contributed by atoms with Crippen LogP contribution in [0.25, 0.3) is 5.65 Å². The van der Waals surface area contributed by atoms with Crippen molar-refractivity contribution in [3.05, 3.63) is 54.2 Å². The van der Waals surface area contributed by atoms with Crippen LogP contribution >= 0.6 is 11.8 Å². The number of aromatic nitrogens is 3. The van der Waals surface area contributed by atoms with Crippen molar-refractivity contribution in [1.82, 2.24) is 14.6 Å². The molecule has 0 aliphatic rings. The molecule has 0 amide bonds. The summed E-state index contributed by atoms with van der Waals surface area (Å²) in [6.07, 6.45) is 1.98. The van der Waals surface area contributed by atoms with Gasteiger partial charge in [-0.1, -0.05) is 30.0 Å². The third kappa shape index (κ3) is 2.56. The number of methoxy groups -OCH3 is 1. The molecule has 96 valence electrons. The first-order valence-corrected chi connectivity index (χ1v) is 6.91. The van der Waals surface area contributed by atoms with Crippen LogP contribution in [0.5, 0.6) is 5.75 Å². The zero-order chi connectivity index (χ0) is 13.1. The van der Waals surface area contributed by atoms with Crippen LogP contribution in [0.4, 0.5) is 0 Å². The van der Waals surface area contributed by atoms with E-state index in [1.807, 2.05) is 47.0 Å². The number of hydrogen-bond donors (Lipinski definition) is 0. The van der Waals surface area contributed by atoms with Gasteiger partial charge in [-0.05, 0) is 29.8 Å². The second kappa shape index (κ2) is 5.32. The highest BCUT2D eigenvalue weighted by Gasteiger charge is 2.05. The predicted molar refractivity (Wildman–Crippen MR) is 75.5 cm³/mol. The molecule has 0 saturated heterocycles. The van der Waals surface area contributed by atoms with E-state index < -0.39 is 0 Å². The molecule has 4 nitrogen and oxygen atoms in total. The number of pyridine rings is 1. The van der Waals surface area contributed by atoms with Gasteiger partial charge >= 0.3 is 0 Å². The summed E-state index contributed by atoms with van der Waals surface area (Å²) < 4.78 is 7.21. The van der Waals surface area contributed by atoms with Gasteiger partial charge in [0.2, 0.25) is 0 Å². The zero-order valence-electron chi connectivity index (χ0n) is 10.5. The summed E-state index contributed by atoms with van der Waals surface area (Å²) in [6, 6.07) is 13.9. The van der Waals surface area contributed by atoms with Crippen LogP contribution in [-0.2, 0) is 5.75 Å². The Balaban J connectivity index is 1.78. The van der Waals surface area contributed by atoms with Gasteiger partial charge < -0.3 is 4.74 Å². The van der Waals surface area contributed by atoms with Crippen LogP contribution in [0, 0.1) is 0 Å². The third-order valence-corrected chi connectivity index (χ3v) is 3.80. The molecule has 0 fully saturated rings. The molecule has 5 heteroatoms. The Morgan fingerprint density at radius 1 is 1.16 bits per heavy atom. The molecule has 2 heterocycles. The van der Waals surface area contributed by atoms with Gasteiger partial charge in [0.1, 0.15) is 5.75 Å². The van der Waals surface area contributed by atoms with Gasteiger partial charge in [0.25, 0.3) is 0 Å². The lowest BCUT2D eigenvalue weighted by Gasteiger charge is -2.03. The van der Waals surface area contributed by atoms with E-state index in [1.54, 1.807) is 18.9 Å². The summed E-state index contributed by atoms with van der Waals surface area (Å²) in [6.45, 7) is 0. The summed E-state index contributed by atoms with van der Waals surface area (Å²) in [4.78, 5) is 0. The van der Waals surface area contributed by atoms with Crippen LogP contribution in [0.1, 0.15) is 5.56 Å². The maximum absolute atomic E-state index is 5.22. The zero-order valence-corrected chi connectivity index (χ0v) is 11.3. The molecule has 0 unspecified atom stereocenters. The molecule has 19 heavy (non-hydrogen) atoms. The number of fused-ring (bicyclic) bond motifs is 1. The second-order valence-electron chi connectivity index (χ2n) is 4.05. The summed E-state index contributed by atoms with van der Waals surface area (Å²) in [5.41, 5.74) is 2.08. The summed E-state index contributed by atoms with van der Waals surface area (Å²) in [5, 5.41) is 9.23. The van der Waals surface area contributed by atoms with Gasteiger partial charge in [0.05, 0.1) is 7.11 Å². The SMILES string of the molecule is COc1cccc(CSc2nnc3ccccn23)c1. The average Bonchev–Trinajstić information content (AvgIpc) is 2.89. The molecular formula is C14H13N3OS. The molecule has 1 aromatic carbocycles. The predicted octanol–water partition coefficient (Wildman–Crippen LogP) is 3.03. The maximum atomic E-state index is 5.22. The molecule has 0 aliphatic carbocycles. The fourth-order valence-electron chi connectivity index (χ4n) is 1.83. The second-order valence-corrected chi connectivity index (χ2v) is 4.99. The van der Waals surface area contributed by atoms with E-state index in [9.17, 15) is 0 Å². The lowest BCUT2D eigenvalue weighted by molar-refractivity contribution is 0.414. The van der Waals surface area contributed by atoms with Crippen molar-refractivity contribution in [2.24, 2.45) is 0 Å². The summed E-state index contributed by atoms with van der Waals surface area (Å²) >= 11 is 1.66. The third-order valence-electron chi connectivity index (χ3n) is 2.78. The van der Waals surface area contributed by atoms with E-state index in [0.29, 0.717) is 0 Å². The molecule has 0 saturated carbocycles. The first-order chi connectivity index (χ1) is 9.36. The summed E-state index contributed by atoms with van der Waals surface area (Å²) in [7, 11) is 1.68. The van der Waals surface area contributed by atoms with Crippen LogP contribution in [-0.4, -0.2) is 21.7 Å². The number of thioether (sulfide) groups is 1. The molecule has 0 aliphatic heterocycles. The Hall–Kier alpha value is -2.01. The first-order valence-electron chi connectivity index (χ1n) is 5.92. The minimum absolute atomic E-state index is 0.840. The van der Waals surface area contributed by atoms with Crippen LogP contribution < -0.4 is 4.74 Å². The fraction of sp³-hybridized carbons (Fsp3) is 0.143. The number of nitrogens with zero attached hydrogens (tertiary/aromatic N) is 3. The molecule has 0 atom stereocenters. The van der Waals surface area contributed by atoms with E-state index >= 15 is 0 Å². The Labute approximate surface area is 115 Å². The van der Waals surface area contributed by atoms with E-state index in [4.69, 9.17) is 4.74 Å². The number of ether oxygens (including phenoxy) is 1. The monoisotopic (exact) mass is 271 g/mol. The van der Waals surface area contributed by atoms with E-state index in [2.05, 4.69) is 16.3 Å². The van der Waals surface area contributed by atoms with Gasteiger partial charge in [-0.25, -0.2) is 0 Å². The van der Waals surface area contributed by atoms with Gasteiger partial charge in [-0.2, -0.15) is 0 Å². The average molecular weight is 271 g/mol. The van der Waals surface area contributed by atoms with Crippen molar-refractivity contribution >= 4 is 17.4 Å². The van der Waals surface area contributed by atoms with E-state index in [1.165, 1.54) is 5.56 Å². The molecule has 0 N–H and O–H groups in total. The minimum atomic E-state index is 0.840. The largest absolute Gasteiger partial charge is 0.497 e. The van der Waals surface area contributed by atoms with Gasteiger partial charge in [0.15, 0.2) is 10.8 Å². The number of rotatable bonds is 4. The van der Waals surface area contributed by atoms with Gasteiger partial charge in [0, 0.05) is 11.9 Å². The maximum Gasteiger partial charge on any atom is 0.195 e. The molecule has 3 rings (SSSR count). The quantitative estimate of drug-likeness (QED) is 0.684. The standard InChI is InChI=1S/C14H13N3OS/c1-18-12-6-4-5-11(9-12)10-19-14-16-15-13-7-2-3-8-17(13)14/h2-9H,10H2,1H3. The van der Waals surface area contributed by atoms with Crippen molar-refractivity contribution < 1.29 is 4.74 Å². The van der Waals surface area contributed by atoms with Crippen molar-refractivity contribution in [2.45, 2.75) is 10.9 Å². The van der Waals surface area contributed by atoms with Crippen LogP contribution in [0.3, 0.4) is 0 Å². The van der Waals surface area contributed by atoms with Crippen LogP contribution in [0.2, 0.25) is 0 Å². The number of benzene rings is 1. The Kier molecular flexibility index (Phi) is 3.37. The molecule has 0 bridgehead atoms. The van der Waals surface area contributed by atoms with Crippen LogP contribution in [0.15, 0.2) is 53.8 Å². The summed E-state index contributed by atoms with van der Waals surface area (Å²) in [5.74, 6) is 1.72. The molecule has 0 radical (unpaired) electrons. The minimum Gasteiger partial charge on any atom is -0.497 e. The fourth-order valence-corrected chi connectivity index (χ4v) is 2.70. The van der Waals surface area contributed by atoms with Crippen molar-refractivity contribution in [1.29, 1.82) is 0 Å². The Bertz CT molecular complexity index is 696. The van der Waals surface area contributed by atoms with E-state index in [-0.39, 0.29) is 0 Å². The van der Waals surface area contributed by atoms with E-state index in [0.717, 1.165) is 22.3 Å². The van der Waals surface area contributed by atoms with Gasteiger partial charge in [-0.3, -0.25) is 4.40 Å². The first kappa shape index (κ1) is 12.0. The lowest BCUT2D eigenvalue weighted by atomic mass is 10.2. The Morgan fingerprint density at radius 3 is 3.00 bits per heavy atom. The Morgan fingerprint density at radius 2 is 2.11 bits per heavy atom. The molecule has 2 aromatic heterocycles. The topological polar surface area (TPSA) is 39.4 Å². The normalized spacial score (nSPS) is 10.8. The highest BCUT2D eigenvalue weighted by molar-refractivity contribution is 7.98. The molecular weight excluding hydrogens is 258 g/mol. The molecule has 3 aromatic rings. The van der Waals surface area contributed by atoms with Crippen molar-refractivity contribution in [3.63, 3.8) is 0 Å². The van der Waals surface area contributed by atoms with Crippen molar-refractivity contribution in [3.8, 4) is 5.75 Å². The van der Waals surface area contributed by atoms with Crippen molar-refractivity contribution in [2.75, 3.05) is 7.11 Å². The molecule has 0 spiro atoms.